The maximum Gasteiger partial charge on any atom is 0.163 e. The fourth-order valence-electron chi connectivity index (χ4n) is 2.76. The molecule has 0 aromatic heterocycles. The van der Waals surface area contributed by atoms with Crippen molar-refractivity contribution in [1.82, 2.24) is 0 Å². The number of ketones is 1. The zero-order valence-corrected chi connectivity index (χ0v) is 11.2. The number of carbonyl (C=O) groups excluding carboxylic acids is 1. The highest BCUT2D eigenvalue weighted by atomic mass is 16.5. The molecule has 3 rings (SSSR count). The molecular formula is C17H18O2. The standard InChI is InChI=1S/C17H18O2/c1-19-17-10-9-14(13-7-2-3-8-15(13)17)16(18)11-12-5-4-6-12/h2-3,7-10,12H,4-6,11H2,1H3. The third-order valence-corrected chi connectivity index (χ3v) is 4.10. The molecule has 0 spiro atoms. The van der Waals surface area contributed by atoms with Crippen molar-refractivity contribution in [2.75, 3.05) is 7.11 Å². The van der Waals surface area contributed by atoms with Crippen molar-refractivity contribution in [3.63, 3.8) is 0 Å². The lowest BCUT2D eigenvalue weighted by atomic mass is 9.80. The van der Waals surface area contributed by atoms with Gasteiger partial charge in [-0.3, -0.25) is 4.79 Å². The molecule has 1 saturated carbocycles. The summed E-state index contributed by atoms with van der Waals surface area (Å²) in [4.78, 5) is 12.4. The van der Waals surface area contributed by atoms with Crippen LogP contribution in [-0.4, -0.2) is 12.9 Å². The summed E-state index contributed by atoms with van der Waals surface area (Å²) in [6, 6.07) is 11.8. The molecule has 0 unspecified atom stereocenters. The van der Waals surface area contributed by atoms with Crippen molar-refractivity contribution in [2.45, 2.75) is 25.7 Å². The molecule has 1 aliphatic rings. The monoisotopic (exact) mass is 254 g/mol. The van der Waals surface area contributed by atoms with Gasteiger partial charge in [0.15, 0.2) is 5.78 Å². The average molecular weight is 254 g/mol. The first-order valence-corrected chi connectivity index (χ1v) is 6.88. The van der Waals surface area contributed by atoms with E-state index in [0.29, 0.717) is 12.3 Å². The summed E-state index contributed by atoms with van der Waals surface area (Å²) in [5, 5.41) is 2.02. The predicted molar refractivity (Wildman–Crippen MR) is 76.8 cm³/mol. The van der Waals surface area contributed by atoms with Crippen molar-refractivity contribution in [3.05, 3.63) is 42.0 Å². The maximum atomic E-state index is 12.4. The van der Waals surface area contributed by atoms with E-state index < -0.39 is 0 Å². The number of Topliss-reactive ketones (excluding diaryl/α,β-unsaturated/α-hetero) is 1. The van der Waals surface area contributed by atoms with Crippen LogP contribution < -0.4 is 4.74 Å². The molecule has 0 aliphatic heterocycles. The Labute approximate surface area is 113 Å². The van der Waals surface area contributed by atoms with Crippen LogP contribution in [-0.2, 0) is 0 Å². The molecule has 0 bridgehead atoms. The van der Waals surface area contributed by atoms with E-state index in [1.165, 1.54) is 19.3 Å². The minimum absolute atomic E-state index is 0.267. The number of hydrogen-bond acceptors (Lipinski definition) is 2. The lowest BCUT2D eigenvalue weighted by Crippen LogP contribution is -2.16. The third kappa shape index (κ3) is 2.23. The molecule has 2 heteroatoms. The molecule has 0 heterocycles. The minimum atomic E-state index is 0.267. The van der Waals surface area contributed by atoms with Crippen LogP contribution in [0.15, 0.2) is 36.4 Å². The Balaban J connectivity index is 2.01. The van der Waals surface area contributed by atoms with Crippen LogP contribution in [0.2, 0.25) is 0 Å². The summed E-state index contributed by atoms with van der Waals surface area (Å²) in [6.07, 6.45) is 4.39. The van der Waals surface area contributed by atoms with Crippen LogP contribution in [0.3, 0.4) is 0 Å². The zero-order chi connectivity index (χ0) is 13.2. The van der Waals surface area contributed by atoms with Gasteiger partial charge in [0.05, 0.1) is 7.11 Å². The number of ether oxygens (including phenoxy) is 1. The van der Waals surface area contributed by atoms with Crippen LogP contribution >= 0.6 is 0 Å². The second kappa shape index (κ2) is 5.04. The van der Waals surface area contributed by atoms with Crippen LogP contribution in [0.1, 0.15) is 36.0 Å². The highest BCUT2D eigenvalue weighted by Gasteiger charge is 2.22. The SMILES string of the molecule is COc1ccc(C(=O)CC2CCC2)c2ccccc12. The summed E-state index contributed by atoms with van der Waals surface area (Å²) >= 11 is 0. The normalized spacial score (nSPS) is 15.2. The van der Waals surface area contributed by atoms with E-state index in [2.05, 4.69) is 0 Å². The van der Waals surface area contributed by atoms with Gasteiger partial charge in [-0.05, 0) is 23.4 Å². The molecule has 19 heavy (non-hydrogen) atoms. The molecule has 0 saturated heterocycles. The van der Waals surface area contributed by atoms with Crippen molar-refractivity contribution in [3.8, 4) is 5.75 Å². The smallest absolute Gasteiger partial charge is 0.163 e. The third-order valence-electron chi connectivity index (χ3n) is 4.10. The lowest BCUT2D eigenvalue weighted by Gasteiger charge is -2.24. The van der Waals surface area contributed by atoms with Crippen LogP contribution in [0.25, 0.3) is 10.8 Å². The average Bonchev–Trinajstić information content (AvgIpc) is 2.41. The number of hydrogen-bond donors (Lipinski definition) is 0. The molecule has 2 aromatic rings. The van der Waals surface area contributed by atoms with Crippen LogP contribution in [0, 0.1) is 5.92 Å². The molecule has 2 aromatic carbocycles. The summed E-state index contributed by atoms with van der Waals surface area (Å²) < 4.78 is 5.36. The van der Waals surface area contributed by atoms with Gasteiger partial charge in [-0.15, -0.1) is 0 Å². The fourth-order valence-corrected chi connectivity index (χ4v) is 2.76. The summed E-state index contributed by atoms with van der Waals surface area (Å²) in [6.45, 7) is 0. The number of benzene rings is 2. The summed E-state index contributed by atoms with van der Waals surface area (Å²) in [5.74, 6) is 1.70. The van der Waals surface area contributed by atoms with E-state index in [9.17, 15) is 4.79 Å². The van der Waals surface area contributed by atoms with Gasteiger partial charge in [-0.25, -0.2) is 0 Å². The first kappa shape index (κ1) is 12.2. The van der Waals surface area contributed by atoms with Crippen molar-refractivity contribution < 1.29 is 9.53 Å². The molecule has 2 nitrogen and oxygen atoms in total. The van der Waals surface area contributed by atoms with Gasteiger partial charge in [0.1, 0.15) is 5.75 Å². The molecule has 98 valence electrons. The van der Waals surface area contributed by atoms with E-state index in [1.54, 1.807) is 7.11 Å². The van der Waals surface area contributed by atoms with E-state index in [4.69, 9.17) is 4.74 Å². The van der Waals surface area contributed by atoms with Gasteiger partial charge >= 0.3 is 0 Å². The number of carbonyl (C=O) groups is 1. The Morgan fingerprint density at radius 1 is 1.16 bits per heavy atom. The lowest BCUT2D eigenvalue weighted by molar-refractivity contribution is 0.0938. The Hall–Kier alpha value is -1.83. The minimum Gasteiger partial charge on any atom is -0.496 e. The van der Waals surface area contributed by atoms with E-state index in [-0.39, 0.29) is 5.78 Å². The molecular weight excluding hydrogens is 236 g/mol. The Bertz CT molecular complexity index is 612. The maximum absolute atomic E-state index is 12.4. The molecule has 0 N–H and O–H groups in total. The Morgan fingerprint density at radius 2 is 1.89 bits per heavy atom. The summed E-state index contributed by atoms with van der Waals surface area (Å²) in [5.41, 5.74) is 0.836. The highest BCUT2D eigenvalue weighted by Crippen LogP contribution is 2.33. The van der Waals surface area contributed by atoms with Gasteiger partial charge < -0.3 is 4.74 Å². The van der Waals surface area contributed by atoms with Crippen molar-refractivity contribution >= 4 is 16.6 Å². The number of rotatable bonds is 4. The van der Waals surface area contributed by atoms with E-state index >= 15 is 0 Å². The topological polar surface area (TPSA) is 26.3 Å². The molecule has 0 atom stereocenters. The molecule has 1 fully saturated rings. The second-order valence-electron chi connectivity index (χ2n) is 5.29. The number of methoxy groups -OCH3 is 1. The van der Waals surface area contributed by atoms with Gasteiger partial charge in [-0.1, -0.05) is 43.5 Å². The van der Waals surface area contributed by atoms with Crippen molar-refractivity contribution in [1.29, 1.82) is 0 Å². The van der Waals surface area contributed by atoms with E-state index in [1.807, 2.05) is 36.4 Å². The van der Waals surface area contributed by atoms with E-state index in [0.717, 1.165) is 22.1 Å². The van der Waals surface area contributed by atoms with Gasteiger partial charge in [0, 0.05) is 17.4 Å². The summed E-state index contributed by atoms with van der Waals surface area (Å²) in [7, 11) is 1.66. The Morgan fingerprint density at radius 3 is 2.53 bits per heavy atom. The Kier molecular flexibility index (Phi) is 3.24. The van der Waals surface area contributed by atoms with Gasteiger partial charge in [0.2, 0.25) is 0 Å². The largest absolute Gasteiger partial charge is 0.496 e. The first-order chi connectivity index (χ1) is 9.29. The predicted octanol–water partition coefficient (Wildman–Crippen LogP) is 4.22. The van der Waals surface area contributed by atoms with Gasteiger partial charge in [-0.2, -0.15) is 0 Å². The first-order valence-electron chi connectivity index (χ1n) is 6.88. The van der Waals surface area contributed by atoms with Crippen LogP contribution in [0.4, 0.5) is 0 Å². The number of fused-ring (bicyclic) bond motifs is 1. The molecule has 0 radical (unpaired) electrons. The molecule has 0 amide bonds. The zero-order valence-electron chi connectivity index (χ0n) is 11.2. The second-order valence-corrected chi connectivity index (χ2v) is 5.29. The van der Waals surface area contributed by atoms with Crippen molar-refractivity contribution in [2.24, 2.45) is 5.92 Å². The van der Waals surface area contributed by atoms with Gasteiger partial charge in [0.25, 0.3) is 0 Å². The van der Waals surface area contributed by atoms with Crippen LogP contribution in [0.5, 0.6) is 5.75 Å². The fraction of sp³-hybridized carbons (Fsp3) is 0.353. The quantitative estimate of drug-likeness (QED) is 0.763. The highest BCUT2D eigenvalue weighted by molar-refractivity contribution is 6.09. The molecule has 1 aliphatic carbocycles.